The van der Waals surface area contributed by atoms with E-state index in [9.17, 15) is 9.59 Å². The molecule has 1 amide bonds. The van der Waals surface area contributed by atoms with Crippen molar-refractivity contribution >= 4 is 29.2 Å². The second-order valence-corrected chi connectivity index (χ2v) is 5.70. The molecule has 2 aromatic carbocycles. The van der Waals surface area contributed by atoms with Gasteiger partial charge < -0.3 is 19.5 Å². The van der Waals surface area contributed by atoms with Crippen LogP contribution < -0.4 is 14.8 Å². The Morgan fingerprint density at radius 2 is 1.69 bits per heavy atom. The normalized spacial score (nSPS) is 10.1. The van der Waals surface area contributed by atoms with E-state index >= 15 is 0 Å². The molecule has 0 saturated heterocycles. The van der Waals surface area contributed by atoms with Gasteiger partial charge >= 0.3 is 5.97 Å². The zero-order chi connectivity index (χ0) is 18.9. The van der Waals surface area contributed by atoms with Crippen molar-refractivity contribution in [3.05, 3.63) is 53.1 Å². The van der Waals surface area contributed by atoms with Crippen molar-refractivity contribution in [3.8, 4) is 11.5 Å². The monoisotopic (exact) mass is 377 g/mol. The predicted molar refractivity (Wildman–Crippen MR) is 98.9 cm³/mol. The highest BCUT2D eigenvalue weighted by Crippen LogP contribution is 2.26. The highest BCUT2D eigenvalue weighted by atomic mass is 35.5. The number of carbonyl (C=O) groups is 2. The van der Waals surface area contributed by atoms with Gasteiger partial charge in [-0.25, -0.2) is 4.79 Å². The van der Waals surface area contributed by atoms with E-state index in [1.54, 1.807) is 49.4 Å². The molecule has 2 aromatic rings. The zero-order valence-electron chi connectivity index (χ0n) is 14.6. The van der Waals surface area contributed by atoms with Crippen molar-refractivity contribution in [2.45, 2.75) is 13.8 Å². The molecule has 0 aliphatic carbocycles. The molecule has 7 heteroatoms. The number of hydrogen-bond acceptors (Lipinski definition) is 5. The second kappa shape index (κ2) is 9.68. The average molecular weight is 378 g/mol. The Balaban J connectivity index is 1.80. The highest BCUT2D eigenvalue weighted by Gasteiger charge is 2.12. The maximum absolute atomic E-state index is 11.9. The van der Waals surface area contributed by atoms with Crippen molar-refractivity contribution in [2.24, 2.45) is 0 Å². The van der Waals surface area contributed by atoms with E-state index in [4.69, 9.17) is 25.8 Å². The molecule has 0 saturated carbocycles. The molecule has 0 aromatic heterocycles. The molecule has 0 heterocycles. The molecule has 0 bridgehead atoms. The number of esters is 1. The fraction of sp³-hybridized carbons (Fsp3) is 0.263. The van der Waals surface area contributed by atoms with Gasteiger partial charge in [0, 0.05) is 10.7 Å². The Labute approximate surface area is 157 Å². The van der Waals surface area contributed by atoms with Gasteiger partial charge in [0.05, 0.1) is 6.61 Å². The van der Waals surface area contributed by atoms with Crippen LogP contribution in [-0.2, 0) is 14.3 Å². The number of ether oxygens (including phenoxy) is 3. The second-order valence-electron chi connectivity index (χ2n) is 5.29. The molecule has 138 valence electrons. The molecule has 0 spiro atoms. The summed E-state index contributed by atoms with van der Waals surface area (Å²) in [6, 6.07) is 12.2. The van der Waals surface area contributed by atoms with E-state index in [1.165, 1.54) is 0 Å². The molecule has 0 unspecified atom stereocenters. The molecule has 0 fully saturated rings. The molecule has 0 aliphatic rings. The standard InChI is InChI=1S/C19H20ClNO5/c1-3-24-16-9-4-5-10-17(16)25-12-19(23)26-11-18(22)21-15-8-6-7-14(20)13(15)2/h4-10H,3,11-12H2,1-2H3,(H,21,22). The number of nitrogens with one attached hydrogen (secondary N) is 1. The Kier molecular flexibility index (Phi) is 7.29. The SMILES string of the molecule is CCOc1ccccc1OCC(=O)OCC(=O)Nc1cccc(Cl)c1C. The molecule has 2 rings (SSSR count). The fourth-order valence-electron chi connectivity index (χ4n) is 2.10. The van der Waals surface area contributed by atoms with Gasteiger partial charge in [-0.3, -0.25) is 4.79 Å². The van der Waals surface area contributed by atoms with Crippen LogP contribution in [0, 0.1) is 6.92 Å². The lowest BCUT2D eigenvalue weighted by atomic mass is 10.2. The summed E-state index contributed by atoms with van der Waals surface area (Å²) in [5.41, 5.74) is 1.31. The smallest absolute Gasteiger partial charge is 0.344 e. The third-order valence-electron chi connectivity index (χ3n) is 3.40. The summed E-state index contributed by atoms with van der Waals surface area (Å²) in [5, 5.41) is 3.19. The third-order valence-corrected chi connectivity index (χ3v) is 3.81. The molecule has 1 N–H and O–H groups in total. The highest BCUT2D eigenvalue weighted by molar-refractivity contribution is 6.31. The lowest BCUT2D eigenvalue weighted by Crippen LogP contribution is -2.24. The van der Waals surface area contributed by atoms with Crippen LogP contribution in [0.2, 0.25) is 5.02 Å². The lowest BCUT2D eigenvalue weighted by Gasteiger charge is -2.12. The number of carbonyl (C=O) groups excluding carboxylic acids is 2. The topological polar surface area (TPSA) is 73.9 Å². The van der Waals surface area contributed by atoms with Gasteiger partial charge in [-0.2, -0.15) is 0 Å². The van der Waals surface area contributed by atoms with Gasteiger partial charge in [-0.05, 0) is 43.7 Å². The lowest BCUT2D eigenvalue weighted by molar-refractivity contribution is -0.149. The number of rotatable bonds is 8. The van der Waals surface area contributed by atoms with Crippen LogP contribution in [-0.4, -0.2) is 31.7 Å². The Hall–Kier alpha value is -2.73. The van der Waals surface area contributed by atoms with Crippen molar-refractivity contribution in [1.82, 2.24) is 0 Å². The van der Waals surface area contributed by atoms with Crippen LogP contribution >= 0.6 is 11.6 Å². The van der Waals surface area contributed by atoms with E-state index in [1.807, 2.05) is 6.92 Å². The summed E-state index contributed by atoms with van der Waals surface area (Å²) < 4.78 is 15.7. The minimum atomic E-state index is -0.658. The minimum Gasteiger partial charge on any atom is -0.490 e. The summed E-state index contributed by atoms with van der Waals surface area (Å²) in [7, 11) is 0. The Morgan fingerprint density at radius 1 is 1.00 bits per heavy atom. The number of halogens is 1. The first-order valence-electron chi connectivity index (χ1n) is 8.06. The summed E-state index contributed by atoms with van der Waals surface area (Å²) in [6.07, 6.45) is 0. The third kappa shape index (κ3) is 5.67. The molecule has 0 radical (unpaired) electrons. The summed E-state index contributed by atoms with van der Waals surface area (Å²) in [4.78, 5) is 23.7. The summed E-state index contributed by atoms with van der Waals surface area (Å²) in [6.45, 7) is 3.38. The van der Waals surface area contributed by atoms with E-state index in [0.29, 0.717) is 28.8 Å². The molecule has 6 nitrogen and oxygen atoms in total. The number of para-hydroxylation sites is 2. The van der Waals surface area contributed by atoms with Gasteiger partial charge in [0.2, 0.25) is 0 Å². The van der Waals surface area contributed by atoms with Crippen molar-refractivity contribution in [3.63, 3.8) is 0 Å². The first-order valence-corrected chi connectivity index (χ1v) is 8.44. The van der Waals surface area contributed by atoms with E-state index < -0.39 is 18.5 Å². The molecular formula is C19H20ClNO5. The number of benzene rings is 2. The van der Waals surface area contributed by atoms with E-state index in [2.05, 4.69) is 5.32 Å². The number of anilines is 1. The van der Waals surface area contributed by atoms with Gasteiger partial charge in [0.15, 0.2) is 24.7 Å². The Morgan fingerprint density at radius 3 is 2.38 bits per heavy atom. The van der Waals surface area contributed by atoms with Crippen LogP contribution in [0.25, 0.3) is 0 Å². The largest absolute Gasteiger partial charge is 0.490 e. The van der Waals surface area contributed by atoms with E-state index in [0.717, 1.165) is 5.56 Å². The Bertz CT molecular complexity index is 778. The maximum Gasteiger partial charge on any atom is 0.344 e. The maximum atomic E-state index is 11.9. The average Bonchev–Trinajstić information content (AvgIpc) is 2.63. The molecule has 0 atom stereocenters. The van der Waals surface area contributed by atoms with Gasteiger partial charge in [0.1, 0.15) is 0 Å². The number of amides is 1. The quantitative estimate of drug-likeness (QED) is 0.711. The van der Waals surface area contributed by atoms with Crippen LogP contribution in [0.15, 0.2) is 42.5 Å². The zero-order valence-corrected chi connectivity index (χ0v) is 15.3. The van der Waals surface area contributed by atoms with Gasteiger partial charge in [0.25, 0.3) is 5.91 Å². The van der Waals surface area contributed by atoms with Crippen molar-refractivity contribution in [2.75, 3.05) is 25.1 Å². The van der Waals surface area contributed by atoms with Gasteiger partial charge in [-0.1, -0.05) is 29.8 Å². The van der Waals surface area contributed by atoms with Crippen LogP contribution in [0.1, 0.15) is 12.5 Å². The van der Waals surface area contributed by atoms with Crippen molar-refractivity contribution < 1.29 is 23.8 Å². The number of hydrogen-bond donors (Lipinski definition) is 1. The van der Waals surface area contributed by atoms with Gasteiger partial charge in [-0.15, -0.1) is 0 Å². The van der Waals surface area contributed by atoms with Crippen LogP contribution in [0.4, 0.5) is 5.69 Å². The van der Waals surface area contributed by atoms with Crippen LogP contribution in [0.3, 0.4) is 0 Å². The first kappa shape index (κ1) is 19.6. The minimum absolute atomic E-state index is 0.326. The summed E-state index contributed by atoms with van der Waals surface area (Å²) in [5.74, 6) is -0.144. The molecule has 0 aliphatic heterocycles. The fourth-order valence-corrected chi connectivity index (χ4v) is 2.27. The summed E-state index contributed by atoms with van der Waals surface area (Å²) >= 11 is 6.00. The van der Waals surface area contributed by atoms with Crippen molar-refractivity contribution in [1.29, 1.82) is 0 Å². The molecule has 26 heavy (non-hydrogen) atoms. The predicted octanol–water partition coefficient (Wildman–Crippen LogP) is 3.61. The molecular weight excluding hydrogens is 358 g/mol. The van der Waals surface area contributed by atoms with E-state index in [-0.39, 0.29) is 6.61 Å². The van der Waals surface area contributed by atoms with Crippen LogP contribution in [0.5, 0.6) is 11.5 Å². The first-order chi connectivity index (χ1) is 12.5.